The third kappa shape index (κ3) is 5.17. The maximum Gasteiger partial charge on any atom is 0.251 e. The van der Waals surface area contributed by atoms with Crippen molar-refractivity contribution in [3.63, 3.8) is 0 Å². The van der Waals surface area contributed by atoms with Gasteiger partial charge in [-0.2, -0.15) is 0 Å². The molecule has 1 saturated carbocycles. The first-order chi connectivity index (χ1) is 13.1. The van der Waals surface area contributed by atoms with E-state index >= 15 is 0 Å². The van der Waals surface area contributed by atoms with Crippen molar-refractivity contribution in [3.05, 3.63) is 59.7 Å². The molecule has 0 saturated heterocycles. The van der Waals surface area contributed by atoms with E-state index in [1.54, 1.807) is 24.3 Å². The summed E-state index contributed by atoms with van der Waals surface area (Å²) in [5.41, 5.74) is 2.90. The lowest BCUT2D eigenvalue weighted by molar-refractivity contribution is -0.117. The number of rotatable bonds is 7. The van der Waals surface area contributed by atoms with E-state index in [0.717, 1.165) is 30.5 Å². The predicted octanol–water partition coefficient (Wildman–Crippen LogP) is 2.97. The number of anilines is 2. The standard InChI is InChI=1S/C21H23N3O3/c1-2-14-5-3-4-6-18(14)24-19(25)13-22-20(26)15-9-11-17(12-10-15)23-21(27)16-7-8-16/h3-6,9-12,16H,2,7-8,13H2,1H3,(H,22,26)(H,23,27)(H,24,25). The van der Waals surface area contributed by atoms with E-state index in [1.807, 2.05) is 31.2 Å². The van der Waals surface area contributed by atoms with E-state index in [1.165, 1.54) is 0 Å². The number of hydrogen-bond donors (Lipinski definition) is 3. The average Bonchev–Trinajstić information content (AvgIpc) is 3.52. The SMILES string of the molecule is CCc1ccccc1NC(=O)CNC(=O)c1ccc(NC(=O)C2CC2)cc1. The molecule has 6 heteroatoms. The number of carbonyl (C=O) groups is 3. The molecule has 140 valence electrons. The number of para-hydroxylation sites is 1. The molecular weight excluding hydrogens is 342 g/mol. The summed E-state index contributed by atoms with van der Waals surface area (Å²) >= 11 is 0. The van der Waals surface area contributed by atoms with Crippen LogP contribution < -0.4 is 16.0 Å². The number of benzene rings is 2. The Hall–Kier alpha value is -3.15. The molecule has 2 aromatic carbocycles. The largest absolute Gasteiger partial charge is 0.343 e. The minimum atomic E-state index is -0.339. The summed E-state index contributed by atoms with van der Waals surface area (Å²) in [6, 6.07) is 14.2. The number of carbonyl (C=O) groups excluding carboxylic acids is 3. The fraction of sp³-hybridized carbons (Fsp3) is 0.286. The quantitative estimate of drug-likeness (QED) is 0.705. The van der Waals surface area contributed by atoms with Crippen molar-refractivity contribution >= 4 is 29.1 Å². The number of hydrogen-bond acceptors (Lipinski definition) is 3. The summed E-state index contributed by atoms with van der Waals surface area (Å²) in [6.07, 6.45) is 2.70. The van der Waals surface area contributed by atoms with E-state index in [9.17, 15) is 14.4 Å². The molecule has 0 aromatic heterocycles. The first-order valence-corrected chi connectivity index (χ1v) is 9.13. The predicted molar refractivity (Wildman–Crippen MR) is 105 cm³/mol. The van der Waals surface area contributed by atoms with Gasteiger partial charge in [-0.05, 0) is 55.2 Å². The van der Waals surface area contributed by atoms with E-state index in [2.05, 4.69) is 16.0 Å². The Morgan fingerprint density at radius 3 is 2.33 bits per heavy atom. The molecule has 2 aromatic rings. The van der Waals surface area contributed by atoms with Crippen molar-refractivity contribution in [3.8, 4) is 0 Å². The molecule has 0 aliphatic heterocycles. The highest BCUT2D eigenvalue weighted by atomic mass is 16.2. The first-order valence-electron chi connectivity index (χ1n) is 9.13. The summed E-state index contributed by atoms with van der Waals surface area (Å²) in [4.78, 5) is 36.0. The van der Waals surface area contributed by atoms with Crippen LogP contribution in [-0.4, -0.2) is 24.3 Å². The topological polar surface area (TPSA) is 87.3 Å². The van der Waals surface area contributed by atoms with Gasteiger partial charge in [0.2, 0.25) is 11.8 Å². The fourth-order valence-electron chi connectivity index (χ4n) is 2.70. The molecule has 0 unspecified atom stereocenters. The first kappa shape index (κ1) is 18.6. The third-order valence-electron chi connectivity index (χ3n) is 4.44. The third-order valence-corrected chi connectivity index (χ3v) is 4.44. The Bertz CT molecular complexity index is 842. The molecule has 3 amide bonds. The van der Waals surface area contributed by atoms with Crippen LogP contribution in [-0.2, 0) is 16.0 Å². The highest BCUT2D eigenvalue weighted by molar-refractivity contribution is 6.00. The summed E-state index contributed by atoms with van der Waals surface area (Å²) in [5.74, 6) is -0.466. The zero-order valence-electron chi connectivity index (χ0n) is 15.2. The average molecular weight is 365 g/mol. The smallest absolute Gasteiger partial charge is 0.251 e. The van der Waals surface area contributed by atoms with Gasteiger partial charge in [-0.1, -0.05) is 25.1 Å². The lowest BCUT2D eigenvalue weighted by Crippen LogP contribution is -2.33. The van der Waals surface area contributed by atoms with Crippen molar-refractivity contribution in [1.82, 2.24) is 5.32 Å². The molecular formula is C21H23N3O3. The van der Waals surface area contributed by atoms with E-state index in [-0.39, 0.29) is 30.2 Å². The van der Waals surface area contributed by atoms with Crippen LogP contribution in [0.1, 0.15) is 35.7 Å². The molecule has 1 aliphatic carbocycles. The van der Waals surface area contributed by atoms with Gasteiger partial charge in [0, 0.05) is 22.9 Å². The fourth-order valence-corrected chi connectivity index (χ4v) is 2.70. The molecule has 27 heavy (non-hydrogen) atoms. The van der Waals surface area contributed by atoms with Crippen molar-refractivity contribution in [1.29, 1.82) is 0 Å². The van der Waals surface area contributed by atoms with Crippen LogP contribution >= 0.6 is 0 Å². The lowest BCUT2D eigenvalue weighted by atomic mass is 10.1. The molecule has 0 spiro atoms. The Kier molecular flexibility index (Phi) is 5.86. The van der Waals surface area contributed by atoms with Crippen molar-refractivity contribution in [2.24, 2.45) is 5.92 Å². The van der Waals surface area contributed by atoms with E-state index in [4.69, 9.17) is 0 Å². The van der Waals surface area contributed by atoms with Crippen molar-refractivity contribution in [2.45, 2.75) is 26.2 Å². The van der Waals surface area contributed by atoms with Crippen LogP contribution in [0.4, 0.5) is 11.4 Å². The van der Waals surface area contributed by atoms with Crippen LogP contribution in [0.2, 0.25) is 0 Å². The van der Waals surface area contributed by atoms with Crippen LogP contribution in [0.5, 0.6) is 0 Å². The molecule has 6 nitrogen and oxygen atoms in total. The van der Waals surface area contributed by atoms with E-state index in [0.29, 0.717) is 11.3 Å². The molecule has 3 N–H and O–H groups in total. The second kappa shape index (κ2) is 8.49. The molecule has 0 heterocycles. The highest BCUT2D eigenvalue weighted by Gasteiger charge is 2.29. The van der Waals surface area contributed by atoms with Gasteiger partial charge in [0.25, 0.3) is 5.91 Å². The van der Waals surface area contributed by atoms with Crippen LogP contribution in [0, 0.1) is 5.92 Å². The molecule has 0 radical (unpaired) electrons. The molecule has 0 bridgehead atoms. The van der Waals surface area contributed by atoms with Crippen molar-refractivity contribution < 1.29 is 14.4 Å². The highest BCUT2D eigenvalue weighted by Crippen LogP contribution is 2.30. The van der Waals surface area contributed by atoms with E-state index < -0.39 is 0 Å². The zero-order chi connectivity index (χ0) is 19.2. The van der Waals surface area contributed by atoms with Gasteiger partial charge in [0.05, 0.1) is 6.54 Å². The Labute approximate surface area is 158 Å². The van der Waals surface area contributed by atoms with Gasteiger partial charge in [0.1, 0.15) is 0 Å². The maximum atomic E-state index is 12.2. The summed E-state index contributed by atoms with van der Waals surface area (Å²) in [7, 11) is 0. The van der Waals surface area contributed by atoms with Crippen LogP contribution in [0.25, 0.3) is 0 Å². The van der Waals surface area contributed by atoms with Gasteiger partial charge in [0.15, 0.2) is 0 Å². The summed E-state index contributed by atoms with van der Waals surface area (Å²) < 4.78 is 0. The Morgan fingerprint density at radius 1 is 0.963 bits per heavy atom. The summed E-state index contributed by atoms with van der Waals surface area (Å²) in [6.45, 7) is 1.90. The minimum absolute atomic E-state index is 0.0243. The second-order valence-electron chi connectivity index (χ2n) is 6.58. The minimum Gasteiger partial charge on any atom is -0.343 e. The molecule has 0 atom stereocenters. The van der Waals surface area contributed by atoms with Gasteiger partial charge in [-0.25, -0.2) is 0 Å². The Morgan fingerprint density at radius 2 is 1.67 bits per heavy atom. The van der Waals surface area contributed by atoms with Crippen LogP contribution in [0.15, 0.2) is 48.5 Å². The Balaban J connectivity index is 1.49. The van der Waals surface area contributed by atoms with Gasteiger partial charge < -0.3 is 16.0 Å². The van der Waals surface area contributed by atoms with Gasteiger partial charge in [-0.3, -0.25) is 14.4 Å². The molecule has 3 rings (SSSR count). The second-order valence-corrected chi connectivity index (χ2v) is 6.58. The number of amides is 3. The molecule has 1 fully saturated rings. The lowest BCUT2D eigenvalue weighted by Gasteiger charge is -2.10. The van der Waals surface area contributed by atoms with Gasteiger partial charge >= 0.3 is 0 Å². The molecule has 1 aliphatic rings. The van der Waals surface area contributed by atoms with Crippen LogP contribution in [0.3, 0.4) is 0 Å². The van der Waals surface area contributed by atoms with Gasteiger partial charge in [-0.15, -0.1) is 0 Å². The maximum absolute atomic E-state index is 12.2. The normalized spacial score (nSPS) is 12.9. The van der Waals surface area contributed by atoms with Crippen molar-refractivity contribution in [2.75, 3.05) is 17.2 Å². The number of aryl methyl sites for hydroxylation is 1. The monoisotopic (exact) mass is 365 g/mol. The number of nitrogens with one attached hydrogen (secondary N) is 3. The zero-order valence-corrected chi connectivity index (χ0v) is 15.2. The summed E-state index contributed by atoms with van der Waals surface area (Å²) in [5, 5.41) is 8.24.